The minimum absolute atomic E-state index is 0.336. The number of nitrogens with one attached hydrogen (secondary N) is 1. The van der Waals surface area contributed by atoms with Gasteiger partial charge in [0, 0.05) is 27.8 Å². The van der Waals surface area contributed by atoms with Gasteiger partial charge in [-0.05, 0) is 56.6 Å². The summed E-state index contributed by atoms with van der Waals surface area (Å²) in [5, 5.41) is 3.65. The molecule has 8 aromatic rings. The largest absolute Gasteiger partial charge is 0.456 e. The molecule has 1 N–H and O–H groups in total. The van der Waals surface area contributed by atoms with Crippen LogP contribution < -0.4 is 10.1 Å². The Labute approximate surface area is 326 Å². The van der Waals surface area contributed by atoms with Crippen molar-refractivity contribution >= 4 is 11.7 Å². The molecule has 0 aromatic heterocycles. The molecule has 3 aliphatic rings. The zero-order valence-corrected chi connectivity index (χ0v) is 30.4. The number of hydrogen-bond donors (Lipinski definition) is 1. The van der Waals surface area contributed by atoms with Crippen molar-refractivity contribution in [2.75, 3.05) is 0 Å². The maximum atomic E-state index is 7.06. The van der Waals surface area contributed by atoms with Crippen molar-refractivity contribution in [3.63, 3.8) is 0 Å². The summed E-state index contributed by atoms with van der Waals surface area (Å²) in [4.78, 5) is 10.2. The third-order valence-corrected chi connectivity index (χ3v) is 11.4. The highest BCUT2D eigenvalue weighted by molar-refractivity contribution is 6.13. The van der Waals surface area contributed by atoms with Gasteiger partial charge in [-0.2, -0.15) is 0 Å². The fourth-order valence-corrected chi connectivity index (χ4v) is 9.02. The van der Waals surface area contributed by atoms with Crippen LogP contribution in [-0.4, -0.2) is 11.7 Å². The summed E-state index contributed by atoms with van der Waals surface area (Å²) in [6.07, 6.45) is -0.336. The minimum Gasteiger partial charge on any atom is -0.456 e. The Hall–Kier alpha value is -7.30. The van der Waals surface area contributed by atoms with E-state index >= 15 is 0 Å². The summed E-state index contributed by atoms with van der Waals surface area (Å²) in [7, 11) is 0. The van der Waals surface area contributed by atoms with E-state index in [0.29, 0.717) is 5.84 Å². The van der Waals surface area contributed by atoms with Gasteiger partial charge in [-0.3, -0.25) is 0 Å². The Balaban J connectivity index is 1.06. The molecule has 0 fully saturated rings. The molecule has 0 saturated heterocycles. The molecule has 11 rings (SSSR count). The lowest BCUT2D eigenvalue weighted by atomic mass is 9.65. The van der Waals surface area contributed by atoms with E-state index in [1.165, 1.54) is 22.3 Å². The van der Waals surface area contributed by atoms with Gasteiger partial charge in [0.15, 0.2) is 5.84 Å². The molecule has 1 spiro atoms. The van der Waals surface area contributed by atoms with Crippen molar-refractivity contribution in [3.8, 4) is 44.9 Å². The van der Waals surface area contributed by atoms with Gasteiger partial charge in [0.1, 0.15) is 23.5 Å². The molecule has 1 atom stereocenters. The third-order valence-electron chi connectivity index (χ3n) is 11.4. The lowest BCUT2D eigenvalue weighted by Gasteiger charge is -2.40. The van der Waals surface area contributed by atoms with Crippen LogP contribution in [0, 0.1) is 0 Å². The van der Waals surface area contributed by atoms with Crippen molar-refractivity contribution in [1.29, 1.82) is 0 Å². The Bertz CT molecular complexity index is 2830. The van der Waals surface area contributed by atoms with Crippen molar-refractivity contribution in [3.05, 3.63) is 239 Å². The molecule has 1 unspecified atom stereocenters. The van der Waals surface area contributed by atoms with Crippen LogP contribution in [0.1, 0.15) is 45.1 Å². The van der Waals surface area contributed by atoms with E-state index in [1.807, 2.05) is 36.4 Å². The number of rotatable bonds is 5. The molecule has 1 aliphatic carbocycles. The zero-order valence-electron chi connectivity index (χ0n) is 30.4. The first-order valence-corrected chi connectivity index (χ1v) is 19.1. The number of amidine groups is 2. The number of fused-ring (bicyclic) bond motifs is 9. The maximum Gasteiger partial charge on any atom is 0.159 e. The predicted octanol–water partition coefficient (Wildman–Crippen LogP) is 12.0. The molecule has 8 aromatic carbocycles. The topological polar surface area (TPSA) is 46.0 Å². The highest BCUT2D eigenvalue weighted by Gasteiger charge is 2.51. The summed E-state index contributed by atoms with van der Waals surface area (Å²) in [6.45, 7) is 0. The molecular weight excluding hydrogens is 683 g/mol. The molecule has 264 valence electrons. The SMILES string of the molecule is c1ccc(C2=NC(c3cccc(-c4ccccc4-c4cccc5c4Oc4ccccc4C54c5ccccc5-c5ccccc54)c3)NC(c3ccccc3)=N2)cc1. The third kappa shape index (κ3) is 4.93. The Morgan fingerprint density at radius 3 is 1.70 bits per heavy atom. The molecular formula is C52H35N3O. The fraction of sp³-hybridized carbons (Fsp3) is 0.0385. The quantitative estimate of drug-likeness (QED) is 0.193. The van der Waals surface area contributed by atoms with Gasteiger partial charge in [-0.1, -0.05) is 188 Å². The van der Waals surface area contributed by atoms with Crippen LogP contribution in [0.2, 0.25) is 0 Å². The van der Waals surface area contributed by atoms with Crippen LogP contribution in [-0.2, 0) is 5.41 Å². The van der Waals surface area contributed by atoms with Gasteiger partial charge >= 0.3 is 0 Å². The summed E-state index contributed by atoms with van der Waals surface area (Å²) in [5.41, 5.74) is 14.3. The molecule has 4 nitrogen and oxygen atoms in total. The van der Waals surface area contributed by atoms with Crippen molar-refractivity contribution < 1.29 is 4.74 Å². The number of ether oxygens (including phenoxy) is 1. The van der Waals surface area contributed by atoms with Gasteiger partial charge < -0.3 is 10.1 Å². The fourth-order valence-electron chi connectivity index (χ4n) is 9.02. The molecule has 56 heavy (non-hydrogen) atoms. The van der Waals surface area contributed by atoms with E-state index in [2.05, 4.69) is 169 Å². The number of benzene rings is 8. The van der Waals surface area contributed by atoms with Gasteiger partial charge in [0.2, 0.25) is 0 Å². The van der Waals surface area contributed by atoms with E-state index in [0.717, 1.165) is 67.4 Å². The first-order chi connectivity index (χ1) is 27.8. The van der Waals surface area contributed by atoms with Gasteiger partial charge in [0.05, 0.1) is 5.41 Å². The average Bonchev–Trinajstić information content (AvgIpc) is 3.57. The minimum atomic E-state index is -0.526. The maximum absolute atomic E-state index is 7.06. The van der Waals surface area contributed by atoms with Crippen LogP contribution in [0.25, 0.3) is 33.4 Å². The van der Waals surface area contributed by atoms with Crippen LogP contribution in [0.4, 0.5) is 0 Å². The van der Waals surface area contributed by atoms with Crippen molar-refractivity contribution in [2.45, 2.75) is 11.6 Å². The second-order valence-electron chi connectivity index (χ2n) is 14.5. The summed E-state index contributed by atoms with van der Waals surface area (Å²) >= 11 is 0. The molecule has 2 aliphatic heterocycles. The van der Waals surface area contributed by atoms with Crippen LogP contribution in [0.5, 0.6) is 11.5 Å². The van der Waals surface area contributed by atoms with Crippen molar-refractivity contribution in [1.82, 2.24) is 5.32 Å². The van der Waals surface area contributed by atoms with Gasteiger partial charge in [-0.25, -0.2) is 9.98 Å². The first kappa shape index (κ1) is 32.2. The zero-order chi connectivity index (χ0) is 37.1. The van der Waals surface area contributed by atoms with E-state index in [1.54, 1.807) is 0 Å². The highest BCUT2D eigenvalue weighted by atomic mass is 16.5. The lowest BCUT2D eigenvalue weighted by molar-refractivity contribution is 0.438. The Morgan fingerprint density at radius 2 is 0.964 bits per heavy atom. The number of aliphatic imine (C=N–C) groups is 2. The van der Waals surface area contributed by atoms with E-state index in [-0.39, 0.29) is 6.17 Å². The Morgan fingerprint density at radius 1 is 0.429 bits per heavy atom. The molecule has 2 heterocycles. The molecule has 4 heteroatoms. The van der Waals surface area contributed by atoms with Crippen LogP contribution >= 0.6 is 0 Å². The standard InChI is InChI=1S/C52H35N3O/c1-3-17-34(18-4-1)49-53-50(35-19-5-2-6-20-35)55-51(54-49)37-22-15-21-36(33-37)38-23-7-8-24-39(38)42-27-16-31-46-48(42)56-47-32-14-13-30-45(47)52(46)43-28-11-9-25-40(43)41-26-10-12-29-44(41)52/h1-33,51H,(H,53,54,55). The first-order valence-electron chi connectivity index (χ1n) is 19.1. The summed E-state index contributed by atoms with van der Waals surface area (Å²) in [5.74, 6) is 3.27. The van der Waals surface area contributed by atoms with E-state index < -0.39 is 5.41 Å². The monoisotopic (exact) mass is 717 g/mol. The van der Waals surface area contributed by atoms with E-state index in [9.17, 15) is 0 Å². The molecule has 0 saturated carbocycles. The second kappa shape index (κ2) is 12.9. The number of nitrogens with zero attached hydrogens (tertiary/aromatic N) is 2. The van der Waals surface area contributed by atoms with Crippen LogP contribution in [0.15, 0.2) is 210 Å². The second-order valence-corrected chi connectivity index (χ2v) is 14.5. The van der Waals surface area contributed by atoms with Crippen LogP contribution in [0.3, 0.4) is 0 Å². The molecule has 0 amide bonds. The van der Waals surface area contributed by atoms with Gasteiger partial charge in [0.25, 0.3) is 0 Å². The number of para-hydroxylation sites is 2. The molecule has 0 bridgehead atoms. The average molecular weight is 718 g/mol. The van der Waals surface area contributed by atoms with E-state index in [4.69, 9.17) is 14.7 Å². The van der Waals surface area contributed by atoms with Crippen molar-refractivity contribution in [2.24, 2.45) is 9.98 Å². The smallest absolute Gasteiger partial charge is 0.159 e. The van der Waals surface area contributed by atoms with Gasteiger partial charge in [-0.15, -0.1) is 0 Å². The molecule has 0 radical (unpaired) electrons. The predicted molar refractivity (Wildman–Crippen MR) is 227 cm³/mol. The lowest BCUT2D eigenvalue weighted by Crippen LogP contribution is -2.33. The normalized spacial score (nSPS) is 15.6. The summed E-state index contributed by atoms with van der Waals surface area (Å²) in [6, 6.07) is 70.8. The number of hydrogen-bond acceptors (Lipinski definition) is 4. The Kier molecular flexibility index (Phi) is 7.42. The summed E-state index contributed by atoms with van der Waals surface area (Å²) < 4.78 is 7.06. The highest BCUT2D eigenvalue weighted by Crippen LogP contribution is 2.63.